The molecule has 0 saturated heterocycles. The molecule has 23 heavy (non-hydrogen) atoms. The number of anilines is 1. The van der Waals surface area contributed by atoms with Crippen LogP contribution in [0.2, 0.25) is 0 Å². The minimum Gasteiger partial charge on any atom is -0.809 e. The molecule has 0 amide bonds. The Labute approximate surface area is 135 Å². The van der Waals surface area contributed by atoms with Gasteiger partial charge in [-0.3, -0.25) is 0 Å². The van der Waals surface area contributed by atoms with Crippen LogP contribution >= 0.6 is 7.60 Å². The van der Waals surface area contributed by atoms with Crippen LogP contribution in [0.3, 0.4) is 0 Å². The van der Waals surface area contributed by atoms with Crippen molar-refractivity contribution in [2.24, 2.45) is 0 Å². The topological polar surface area (TPSA) is 66.4 Å². The molecule has 124 valence electrons. The van der Waals surface area contributed by atoms with Crippen LogP contribution in [0, 0.1) is 5.82 Å². The monoisotopic (exact) mass is 335 g/mol. The number of hydrogen-bond donors (Lipinski definition) is 0. The third-order valence-corrected chi connectivity index (χ3v) is 5.81. The largest absolute Gasteiger partial charge is 0.809 e. The van der Waals surface area contributed by atoms with E-state index in [0.717, 1.165) is 0 Å². The van der Waals surface area contributed by atoms with Crippen LogP contribution < -0.4 is 14.7 Å². The van der Waals surface area contributed by atoms with E-state index in [1.54, 1.807) is 44.2 Å². The number of nitrogens with zero attached hydrogens (tertiary/aromatic N) is 1. The standard InChI is InChI=1S/C17H21FNO3P/c1-3-17(23(20,21)22,14-8-6-5-7-9-14)19(4-2)16-12-10-15(18)11-13-16/h5-13H,3-4H2,1-2H3,(H2,20,21,22)/p-2. The van der Waals surface area contributed by atoms with Gasteiger partial charge >= 0.3 is 0 Å². The summed E-state index contributed by atoms with van der Waals surface area (Å²) in [6.45, 7) is 3.73. The van der Waals surface area contributed by atoms with Crippen molar-refractivity contribution in [3.63, 3.8) is 0 Å². The lowest BCUT2D eigenvalue weighted by Gasteiger charge is -2.56. The lowest BCUT2D eigenvalue weighted by atomic mass is 10.0. The fourth-order valence-corrected chi connectivity index (χ4v) is 4.44. The zero-order valence-corrected chi connectivity index (χ0v) is 14.0. The van der Waals surface area contributed by atoms with Gasteiger partial charge in [0, 0.05) is 12.2 Å². The van der Waals surface area contributed by atoms with Gasteiger partial charge in [-0.1, -0.05) is 37.3 Å². The fraction of sp³-hybridized carbons (Fsp3) is 0.294. The van der Waals surface area contributed by atoms with Gasteiger partial charge in [-0.2, -0.15) is 0 Å². The minimum atomic E-state index is -5.05. The lowest BCUT2D eigenvalue weighted by molar-refractivity contribution is -0.321. The van der Waals surface area contributed by atoms with E-state index in [9.17, 15) is 18.7 Å². The Balaban J connectivity index is 2.69. The second kappa shape index (κ2) is 6.83. The predicted octanol–water partition coefficient (Wildman–Crippen LogP) is 2.83. The molecule has 1 atom stereocenters. The zero-order chi connectivity index (χ0) is 17.1. The quantitative estimate of drug-likeness (QED) is 0.762. The molecular weight excluding hydrogens is 316 g/mol. The van der Waals surface area contributed by atoms with Crippen LogP contribution in [-0.2, 0) is 9.85 Å². The van der Waals surface area contributed by atoms with Crippen molar-refractivity contribution < 1.29 is 18.7 Å². The van der Waals surface area contributed by atoms with E-state index >= 15 is 0 Å². The summed E-state index contributed by atoms with van der Waals surface area (Å²) >= 11 is 0. The first kappa shape index (κ1) is 17.7. The molecule has 0 bridgehead atoms. The normalized spacial score (nSPS) is 14.3. The highest BCUT2D eigenvalue weighted by Crippen LogP contribution is 2.56. The number of hydrogen-bond acceptors (Lipinski definition) is 4. The molecule has 2 aromatic carbocycles. The summed E-state index contributed by atoms with van der Waals surface area (Å²) < 4.78 is 25.5. The van der Waals surface area contributed by atoms with Gasteiger partial charge in [0.1, 0.15) is 5.82 Å². The lowest BCUT2D eigenvalue weighted by Crippen LogP contribution is -2.51. The van der Waals surface area contributed by atoms with E-state index in [2.05, 4.69) is 0 Å². The van der Waals surface area contributed by atoms with Crippen molar-refractivity contribution in [1.82, 2.24) is 0 Å². The van der Waals surface area contributed by atoms with E-state index in [1.165, 1.54) is 29.2 Å². The van der Waals surface area contributed by atoms with Crippen molar-refractivity contribution in [3.05, 3.63) is 66.0 Å². The molecule has 0 heterocycles. The molecule has 0 radical (unpaired) electrons. The second-order valence-corrected chi connectivity index (χ2v) is 6.99. The molecule has 0 fully saturated rings. The summed E-state index contributed by atoms with van der Waals surface area (Å²) in [5.74, 6) is -0.418. The molecule has 0 aromatic heterocycles. The molecule has 0 aliphatic heterocycles. The summed E-state index contributed by atoms with van der Waals surface area (Å²) in [6.07, 6.45) is 0.0898. The third kappa shape index (κ3) is 3.18. The Kier molecular flexibility index (Phi) is 5.25. The van der Waals surface area contributed by atoms with Crippen LogP contribution in [0.25, 0.3) is 0 Å². The van der Waals surface area contributed by atoms with E-state index in [1.807, 2.05) is 0 Å². The highest BCUT2D eigenvalue weighted by Gasteiger charge is 2.40. The maximum absolute atomic E-state index is 13.2. The first-order valence-corrected chi connectivity index (χ1v) is 9.02. The van der Waals surface area contributed by atoms with Crippen LogP contribution in [0.1, 0.15) is 25.8 Å². The molecule has 0 spiro atoms. The zero-order valence-electron chi connectivity index (χ0n) is 13.1. The average Bonchev–Trinajstić information content (AvgIpc) is 2.53. The Hall–Kier alpha value is -1.68. The van der Waals surface area contributed by atoms with Crippen molar-refractivity contribution in [2.45, 2.75) is 25.5 Å². The Morgan fingerprint density at radius 1 is 1.04 bits per heavy atom. The van der Waals surface area contributed by atoms with E-state index in [4.69, 9.17) is 0 Å². The van der Waals surface area contributed by atoms with Crippen LogP contribution in [0.5, 0.6) is 0 Å². The summed E-state index contributed by atoms with van der Waals surface area (Å²) in [5.41, 5.74) is 0.911. The number of halogens is 1. The second-order valence-electron chi connectivity index (χ2n) is 5.25. The number of benzene rings is 2. The van der Waals surface area contributed by atoms with Gasteiger partial charge in [0.05, 0.1) is 5.28 Å². The highest BCUT2D eigenvalue weighted by molar-refractivity contribution is 7.50. The minimum absolute atomic E-state index is 0.0898. The average molecular weight is 335 g/mol. The molecule has 0 aliphatic carbocycles. The van der Waals surface area contributed by atoms with Gasteiger partial charge in [0.15, 0.2) is 0 Å². The summed E-state index contributed by atoms with van der Waals surface area (Å²) in [6, 6.07) is 13.9. The van der Waals surface area contributed by atoms with Crippen molar-refractivity contribution >= 4 is 13.3 Å². The molecule has 0 aliphatic rings. The van der Waals surface area contributed by atoms with Crippen molar-refractivity contribution in [1.29, 1.82) is 0 Å². The van der Waals surface area contributed by atoms with Gasteiger partial charge in [0.25, 0.3) is 0 Å². The smallest absolute Gasteiger partial charge is 0.123 e. The Bertz CT molecular complexity index is 687. The molecule has 2 aromatic rings. The maximum Gasteiger partial charge on any atom is 0.123 e. The molecule has 0 N–H and O–H groups in total. The van der Waals surface area contributed by atoms with Crippen molar-refractivity contribution in [2.75, 3.05) is 11.4 Å². The van der Waals surface area contributed by atoms with E-state index in [0.29, 0.717) is 17.8 Å². The first-order chi connectivity index (χ1) is 10.9. The van der Waals surface area contributed by atoms with Crippen LogP contribution in [0.4, 0.5) is 10.1 Å². The molecule has 6 heteroatoms. The van der Waals surface area contributed by atoms with Crippen LogP contribution in [0.15, 0.2) is 54.6 Å². The summed E-state index contributed by atoms with van der Waals surface area (Å²) in [4.78, 5) is 26.1. The molecule has 0 saturated carbocycles. The molecule has 1 unspecified atom stereocenters. The summed E-state index contributed by atoms with van der Waals surface area (Å²) in [5, 5.41) is -1.71. The van der Waals surface area contributed by atoms with Gasteiger partial charge in [0.2, 0.25) is 0 Å². The van der Waals surface area contributed by atoms with E-state index < -0.39 is 18.7 Å². The molecular formula is C17H19FNO3P-2. The Morgan fingerprint density at radius 3 is 2.04 bits per heavy atom. The Morgan fingerprint density at radius 2 is 1.61 bits per heavy atom. The predicted molar refractivity (Wildman–Crippen MR) is 85.4 cm³/mol. The third-order valence-electron chi connectivity index (χ3n) is 4.08. The summed E-state index contributed by atoms with van der Waals surface area (Å²) in [7, 11) is -5.05. The maximum atomic E-state index is 13.2. The highest BCUT2D eigenvalue weighted by atomic mass is 31.2. The first-order valence-electron chi connectivity index (χ1n) is 7.47. The van der Waals surface area contributed by atoms with Gasteiger partial charge in [-0.15, -0.1) is 0 Å². The molecule has 4 nitrogen and oxygen atoms in total. The van der Waals surface area contributed by atoms with E-state index in [-0.39, 0.29) is 6.42 Å². The van der Waals surface area contributed by atoms with Crippen LogP contribution in [-0.4, -0.2) is 6.54 Å². The molecule has 2 rings (SSSR count). The SMILES string of the molecule is CCN(c1ccc(F)cc1)C(CC)(c1ccccc1)P(=O)([O-])[O-]. The fourth-order valence-electron chi connectivity index (χ4n) is 3.03. The number of rotatable bonds is 6. The van der Waals surface area contributed by atoms with Gasteiger partial charge < -0.3 is 19.3 Å². The van der Waals surface area contributed by atoms with Gasteiger partial charge in [-0.05, 0) is 50.8 Å². The van der Waals surface area contributed by atoms with Crippen molar-refractivity contribution in [3.8, 4) is 0 Å². The van der Waals surface area contributed by atoms with Gasteiger partial charge in [-0.25, -0.2) is 4.39 Å².